The molecular weight excluding hydrogens is 355 g/mol. The summed E-state index contributed by atoms with van der Waals surface area (Å²) >= 11 is 6.08. The summed E-state index contributed by atoms with van der Waals surface area (Å²) in [6.07, 6.45) is 0. The van der Waals surface area contributed by atoms with E-state index in [1.165, 1.54) is 6.07 Å². The number of anilines is 3. The fraction of sp³-hybridized carbons (Fsp3) is 0.105. The Morgan fingerprint density at radius 3 is 2.58 bits per heavy atom. The number of amides is 1. The summed E-state index contributed by atoms with van der Waals surface area (Å²) in [5, 5.41) is 6.09. The van der Waals surface area contributed by atoms with Crippen LogP contribution in [-0.4, -0.2) is 15.9 Å². The summed E-state index contributed by atoms with van der Waals surface area (Å²) in [6, 6.07) is 13.0. The van der Waals surface area contributed by atoms with Crippen LogP contribution in [0.3, 0.4) is 0 Å². The number of rotatable bonds is 4. The number of hydrogen-bond donors (Lipinski definition) is 2. The SMILES string of the molecule is Cc1cc(C(=O)Nc2ccc(C)c(Cl)c2)nc(Nc2ccccc2F)n1. The van der Waals surface area contributed by atoms with Crippen molar-refractivity contribution in [3.63, 3.8) is 0 Å². The number of halogens is 2. The molecule has 1 heterocycles. The molecule has 0 bridgehead atoms. The van der Waals surface area contributed by atoms with Gasteiger partial charge in [-0.2, -0.15) is 0 Å². The minimum absolute atomic E-state index is 0.141. The molecule has 0 aliphatic carbocycles. The maximum Gasteiger partial charge on any atom is 0.274 e. The van der Waals surface area contributed by atoms with Gasteiger partial charge in [0, 0.05) is 16.4 Å². The highest BCUT2D eigenvalue weighted by molar-refractivity contribution is 6.31. The molecule has 1 amide bonds. The molecule has 26 heavy (non-hydrogen) atoms. The van der Waals surface area contributed by atoms with E-state index in [9.17, 15) is 9.18 Å². The number of aryl methyl sites for hydroxylation is 2. The average Bonchev–Trinajstić information content (AvgIpc) is 2.60. The van der Waals surface area contributed by atoms with Crippen molar-refractivity contribution in [1.29, 1.82) is 0 Å². The Bertz CT molecular complexity index is 978. The summed E-state index contributed by atoms with van der Waals surface area (Å²) in [4.78, 5) is 20.9. The molecule has 0 saturated carbocycles. The first-order valence-electron chi connectivity index (χ1n) is 7.87. The normalized spacial score (nSPS) is 10.5. The van der Waals surface area contributed by atoms with Crippen LogP contribution in [0.5, 0.6) is 0 Å². The van der Waals surface area contributed by atoms with Crippen LogP contribution in [0.1, 0.15) is 21.7 Å². The van der Waals surface area contributed by atoms with Crippen LogP contribution in [0.25, 0.3) is 0 Å². The lowest BCUT2D eigenvalue weighted by Crippen LogP contribution is -2.15. The molecule has 0 radical (unpaired) electrons. The number of carbonyl (C=O) groups excluding carboxylic acids is 1. The van der Waals surface area contributed by atoms with Gasteiger partial charge in [0.1, 0.15) is 11.5 Å². The third-order valence-corrected chi connectivity index (χ3v) is 4.04. The van der Waals surface area contributed by atoms with Crippen LogP contribution in [0.15, 0.2) is 48.5 Å². The topological polar surface area (TPSA) is 66.9 Å². The Labute approximate surface area is 155 Å². The van der Waals surface area contributed by atoms with Crippen molar-refractivity contribution in [2.24, 2.45) is 0 Å². The molecule has 3 rings (SSSR count). The first kappa shape index (κ1) is 17.8. The van der Waals surface area contributed by atoms with E-state index in [2.05, 4.69) is 20.6 Å². The van der Waals surface area contributed by atoms with Crippen molar-refractivity contribution in [3.05, 3.63) is 76.3 Å². The zero-order valence-electron chi connectivity index (χ0n) is 14.2. The molecule has 0 saturated heterocycles. The predicted octanol–water partition coefficient (Wildman–Crippen LogP) is 4.88. The molecule has 0 fully saturated rings. The van der Waals surface area contributed by atoms with Gasteiger partial charge in [0.2, 0.25) is 5.95 Å². The number of benzene rings is 2. The molecule has 0 spiro atoms. The second-order valence-corrected chi connectivity index (χ2v) is 6.15. The third kappa shape index (κ3) is 4.15. The molecule has 1 aromatic heterocycles. The van der Waals surface area contributed by atoms with Crippen LogP contribution < -0.4 is 10.6 Å². The van der Waals surface area contributed by atoms with Crippen LogP contribution in [0.2, 0.25) is 5.02 Å². The van der Waals surface area contributed by atoms with Gasteiger partial charge in [0.05, 0.1) is 5.69 Å². The highest BCUT2D eigenvalue weighted by atomic mass is 35.5. The standard InChI is InChI=1S/C19H16ClFN4O/c1-11-7-8-13(10-14(11)20)23-18(26)17-9-12(2)22-19(25-17)24-16-6-4-3-5-15(16)21/h3-10H,1-2H3,(H,23,26)(H,22,24,25). The lowest BCUT2D eigenvalue weighted by Gasteiger charge is -2.10. The number of para-hydroxylation sites is 1. The van der Waals surface area contributed by atoms with Gasteiger partial charge in [0.15, 0.2) is 0 Å². The number of hydrogen-bond acceptors (Lipinski definition) is 4. The Balaban J connectivity index is 1.83. The number of nitrogens with one attached hydrogen (secondary N) is 2. The monoisotopic (exact) mass is 370 g/mol. The largest absolute Gasteiger partial charge is 0.322 e. The van der Waals surface area contributed by atoms with E-state index in [4.69, 9.17) is 11.6 Å². The van der Waals surface area contributed by atoms with E-state index < -0.39 is 11.7 Å². The third-order valence-electron chi connectivity index (χ3n) is 3.64. The maximum absolute atomic E-state index is 13.8. The van der Waals surface area contributed by atoms with Gasteiger partial charge < -0.3 is 10.6 Å². The number of nitrogens with zero attached hydrogens (tertiary/aromatic N) is 2. The van der Waals surface area contributed by atoms with Crippen molar-refractivity contribution in [2.75, 3.05) is 10.6 Å². The molecule has 132 valence electrons. The highest BCUT2D eigenvalue weighted by Gasteiger charge is 2.12. The van der Waals surface area contributed by atoms with Gasteiger partial charge in [-0.3, -0.25) is 4.79 Å². The zero-order valence-corrected chi connectivity index (χ0v) is 14.9. The van der Waals surface area contributed by atoms with E-state index >= 15 is 0 Å². The fourth-order valence-corrected chi connectivity index (χ4v) is 2.47. The molecule has 2 N–H and O–H groups in total. The second kappa shape index (κ2) is 7.49. The van der Waals surface area contributed by atoms with Crippen molar-refractivity contribution in [3.8, 4) is 0 Å². The first-order valence-corrected chi connectivity index (χ1v) is 8.25. The van der Waals surface area contributed by atoms with E-state index in [0.29, 0.717) is 16.4 Å². The summed E-state index contributed by atoms with van der Waals surface area (Å²) in [5.74, 6) is -0.702. The van der Waals surface area contributed by atoms with Crippen LogP contribution in [0, 0.1) is 19.7 Å². The quantitative estimate of drug-likeness (QED) is 0.686. The minimum atomic E-state index is -0.432. The van der Waals surface area contributed by atoms with Crippen molar-refractivity contribution in [1.82, 2.24) is 9.97 Å². The van der Waals surface area contributed by atoms with Crippen molar-refractivity contribution in [2.45, 2.75) is 13.8 Å². The van der Waals surface area contributed by atoms with Gasteiger partial charge in [-0.05, 0) is 49.7 Å². The van der Waals surface area contributed by atoms with Gasteiger partial charge in [-0.15, -0.1) is 0 Å². The fourth-order valence-electron chi connectivity index (χ4n) is 2.29. The average molecular weight is 371 g/mol. The molecular formula is C19H16ClFN4O. The molecule has 3 aromatic rings. The summed E-state index contributed by atoms with van der Waals surface area (Å²) in [7, 11) is 0. The minimum Gasteiger partial charge on any atom is -0.322 e. The van der Waals surface area contributed by atoms with E-state index in [1.807, 2.05) is 13.0 Å². The number of carbonyl (C=O) groups is 1. The van der Waals surface area contributed by atoms with Gasteiger partial charge in [-0.25, -0.2) is 14.4 Å². The molecule has 0 aliphatic heterocycles. The first-order chi connectivity index (χ1) is 12.4. The number of aromatic nitrogens is 2. The lowest BCUT2D eigenvalue weighted by molar-refractivity contribution is 0.102. The Morgan fingerprint density at radius 1 is 1.08 bits per heavy atom. The zero-order chi connectivity index (χ0) is 18.7. The van der Waals surface area contributed by atoms with E-state index in [1.54, 1.807) is 43.3 Å². The van der Waals surface area contributed by atoms with Gasteiger partial charge in [-0.1, -0.05) is 29.8 Å². The Hall–Kier alpha value is -2.99. The summed E-state index contributed by atoms with van der Waals surface area (Å²) < 4.78 is 13.8. The Morgan fingerprint density at radius 2 is 1.85 bits per heavy atom. The molecule has 0 unspecified atom stereocenters. The highest BCUT2D eigenvalue weighted by Crippen LogP contribution is 2.21. The van der Waals surface area contributed by atoms with Crippen LogP contribution in [0.4, 0.5) is 21.7 Å². The van der Waals surface area contributed by atoms with Crippen molar-refractivity contribution < 1.29 is 9.18 Å². The van der Waals surface area contributed by atoms with E-state index in [-0.39, 0.29) is 17.3 Å². The van der Waals surface area contributed by atoms with Crippen LogP contribution in [-0.2, 0) is 0 Å². The molecule has 5 nitrogen and oxygen atoms in total. The molecule has 0 atom stereocenters. The smallest absolute Gasteiger partial charge is 0.274 e. The van der Waals surface area contributed by atoms with Gasteiger partial charge in [0.25, 0.3) is 5.91 Å². The lowest BCUT2D eigenvalue weighted by atomic mass is 10.2. The van der Waals surface area contributed by atoms with Gasteiger partial charge >= 0.3 is 0 Å². The maximum atomic E-state index is 13.8. The molecule has 0 aliphatic rings. The van der Waals surface area contributed by atoms with E-state index in [0.717, 1.165) is 5.56 Å². The van der Waals surface area contributed by atoms with Crippen LogP contribution >= 0.6 is 11.6 Å². The Kier molecular flexibility index (Phi) is 5.14. The summed E-state index contributed by atoms with van der Waals surface area (Å²) in [6.45, 7) is 3.61. The molecule has 7 heteroatoms. The van der Waals surface area contributed by atoms with Crippen molar-refractivity contribution >= 4 is 34.8 Å². The second-order valence-electron chi connectivity index (χ2n) is 5.74. The molecule has 2 aromatic carbocycles. The predicted molar refractivity (Wildman–Crippen MR) is 101 cm³/mol. The summed E-state index contributed by atoms with van der Waals surface area (Å²) in [5.41, 5.74) is 2.44.